The summed E-state index contributed by atoms with van der Waals surface area (Å²) in [6.45, 7) is 2.08. The van der Waals surface area contributed by atoms with Crippen LogP contribution in [0.25, 0.3) is 10.8 Å². The van der Waals surface area contributed by atoms with Crippen LogP contribution in [0.5, 0.6) is 0 Å². The summed E-state index contributed by atoms with van der Waals surface area (Å²) in [4.78, 5) is 0. The van der Waals surface area contributed by atoms with E-state index >= 15 is 0 Å². The van der Waals surface area contributed by atoms with Crippen molar-refractivity contribution in [1.29, 1.82) is 0 Å². The van der Waals surface area contributed by atoms with Gasteiger partial charge in [-0.25, -0.2) is 0 Å². The highest BCUT2D eigenvalue weighted by atomic mass is 35.5. The molecule has 1 atom stereocenters. The molecule has 1 heterocycles. The van der Waals surface area contributed by atoms with Gasteiger partial charge in [-0.1, -0.05) is 53.5 Å². The van der Waals surface area contributed by atoms with Gasteiger partial charge in [0.2, 0.25) is 0 Å². The van der Waals surface area contributed by atoms with Crippen LogP contribution in [0.2, 0.25) is 8.67 Å². The topological polar surface area (TPSA) is 12.0 Å². The molecule has 4 heteroatoms. The fourth-order valence-electron chi connectivity index (χ4n) is 2.26. The first kappa shape index (κ1) is 13.7. The van der Waals surface area contributed by atoms with E-state index in [0.717, 1.165) is 19.9 Å². The Kier molecular flexibility index (Phi) is 3.88. The second-order valence-corrected chi connectivity index (χ2v) is 6.99. The van der Waals surface area contributed by atoms with Crippen LogP contribution in [-0.4, -0.2) is 0 Å². The van der Waals surface area contributed by atoms with Crippen LogP contribution < -0.4 is 5.32 Å². The Hall–Kier alpha value is -1.22. The predicted octanol–water partition coefficient (Wildman–Crippen LogP) is 6.38. The van der Waals surface area contributed by atoms with Gasteiger partial charge in [0.1, 0.15) is 0 Å². The minimum atomic E-state index is 0.118. The molecule has 2 aromatic carbocycles. The summed E-state index contributed by atoms with van der Waals surface area (Å²) in [5.41, 5.74) is 2.12. The highest BCUT2D eigenvalue weighted by Gasteiger charge is 2.13. The van der Waals surface area contributed by atoms with Crippen molar-refractivity contribution < 1.29 is 0 Å². The zero-order valence-electron chi connectivity index (χ0n) is 10.9. The fourth-order valence-corrected chi connectivity index (χ4v) is 3.90. The number of anilines is 1. The Bertz CT molecular complexity index is 751. The molecule has 0 fully saturated rings. The van der Waals surface area contributed by atoms with E-state index in [2.05, 4.69) is 42.6 Å². The van der Waals surface area contributed by atoms with E-state index in [1.807, 2.05) is 18.2 Å². The van der Waals surface area contributed by atoms with Gasteiger partial charge in [-0.3, -0.25) is 0 Å². The lowest BCUT2D eigenvalue weighted by Gasteiger charge is -2.15. The molecule has 0 amide bonds. The van der Waals surface area contributed by atoms with Crippen LogP contribution in [0, 0.1) is 0 Å². The van der Waals surface area contributed by atoms with E-state index in [1.165, 1.54) is 22.1 Å². The van der Waals surface area contributed by atoms with Gasteiger partial charge in [0, 0.05) is 11.3 Å². The molecule has 0 aliphatic rings. The Morgan fingerprint density at radius 1 is 1.00 bits per heavy atom. The van der Waals surface area contributed by atoms with Crippen LogP contribution >= 0.6 is 34.5 Å². The second-order valence-electron chi connectivity index (χ2n) is 4.71. The lowest BCUT2D eigenvalue weighted by atomic mass is 10.1. The van der Waals surface area contributed by atoms with Crippen LogP contribution in [0.3, 0.4) is 0 Å². The van der Waals surface area contributed by atoms with Gasteiger partial charge in [0.05, 0.1) is 14.7 Å². The van der Waals surface area contributed by atoms with Crippen molar-refractivity contribution in [1.82, 2.24) is 0 Å². The highest BCUT2D eigenvalue weighted by Crippen LogP contribution is 2.36. The van der Waals surface area contributed by atoms with Crippen molar-refractivity contribution in [3.05, 3.63) is 62.8 Å². The molecule has 0 aliphatic carbocycles. The average molecular weight is 322 g/mol. The summed E-state index contributed by atoms with van der Waals surface area (Å²) in [6.07, 6.45) is 0. The van der Waals surface area contributed by atoms with Crippen molar-refractivity contribution in [3.63, 3.8) is 0 Å². The SMILES string of the molecule is CC(Nc1ccc2ccccc2c1)c1cc(Cl)sc1Cl. The Balaban J connectivity index is 1.87. The van der Waals surface area contributed by atoms with Crippen molar-refractivity contribution in [3.8, 4) is 0 Å². The van der Waals surface area contributed by atoms with Crippen LogP contribution in [0.4, 0.5) is 5.69 Å². The molecular formula is C16H13Cl2NS. The first-order chi connectivity index (χ1) is 9.63. The van der Waals surface area contributed by atoms with Gasteiger partial charge in [-0.15, -0.1) is 11.3 Å². The molecule has 0 saturated carbocycles. The number of nitrogens with one attached hydrogen (secondary N) is 1. The Morgan fingerprint density at radius 2 is 1.75 bits per heavy atom. The largest absolute Gasteiger partial charge is 0.378 e. The van der Waals surface area contributed by atoms with E-state index < -0.39 is 0 Å². The van der Waals surface area contributed by atoms with E-state index in [1.54, 1.807) is 0 Å². The summed E-state index contributed by atoms with van der Waals surface area (Å²) in [6, 6.07) is 16.7. The number of fused-ring (bicyclic) bond motifs is 1. The van der Waals surface area contributed by atoms with E-state index in [0.29, 0.717) is 0 Å². The molecular weight excluding hydrogens is 309 g/mol. The number of rotatable bonds is 3. The van der Waals surface area contributed by atoms with E-state index in [4.69, 9.17) is 23.2 Å². The molecule has 1 aromatic heterocycles. The molecule has 0 bridgehead atoms. The van der Waals surface area contributed by atoms with Crippen molar-refractivity contribution in [2.45, 2.75) is 13.0 Å². The first-order valence-corrected chi connectivity index (χ1v) is 7.91. The normalized spacial score (nSPS) is 12.6. The lowest BCUT2D eigenvalue weighted by molar-refractivity contribution is 0.891. The van der Waals surface area contributed by atoms with Crippen molar-refractivity contribution in [2.24, 2.45) is 0 Å². The molecule has 0 aliphatic heterocycles. The molecule has 102 valence electrons. The van der Waals surface area contributed by atoms with Gasteiger partial charge < -0.3 is 5.32 Å². The zero-order chi connectivity index (χ0) is 14.1. The molecule has 0 spiro atoms. The standard InChI is InChI=1S/C16H13Cl2NS/c1-10(14-9-15(17)20-16(14)18)19-13-7-6-11-4-2-3-5-12(11)8-13/h2-10,19H,1H3. The molecule has 1 unspecified atom stereocenters. The fraction of sp³-hybridized carbons (Fsp3) is 0.125. The molecule has 0 radical (unpaired) electrons. The molecule has 1 nitrogen and oxygen atoms in total. The summed E-state index contributed by atoms with van der Waals surface area (Å²) in [7, 11) is 0. The number of benzene rings is 2. The maximum atomic E-state index is 6.20. The predicted molar refractivity (Wildman–Crippen MR) is 90.3 cm³/mol. The van der Waals surface area contributed by atoms with Crippen LogP contribution in [-0.2, 0) is 0 Å². The summed E-state index contributed by atoms with van der Waals surface area (Å²) in [5, 5.41) is 5.93. The lowest BCUT2D eigenvalue weighted by Crippen LogP contribution is -2.05. The molecule has 20 heavy (non-hydrogen) atoms. The number of halogens is 2. The van der Waals surface area contributed by atoms with Gasteiger partial charge in [0.25, 0.3) is 0 Å². The highest BCUT2D eigenvalue weighted by molar-refractivity contribution is 7.20. The third-order valence-corrected chi connectivity index (χ3v) is 4.80. The van der Waals surface area contributed by atoms with Crippen molar-refractivity contribution in [2.75, 3.05) is 5.32 Å². The van der Waals surface area contributed by atoms with Gasteiger partial charge in [0.15, 0.2) is 0 Å². The first-order valence-electron chi connectivity index (χ1n) is 6.33. The van der Waals surface area contributed by atoms with E-state index in [-0.39, 0.29) is 6.04 Å². The number of hydrogen-bond donors (Lipinski definition) is 1. The molecule has 3 aromatic rings. The Labute approximate surface area is 132 Å². The third-order valence-electron chi connectivity index (χ3n) is 3.28. The smallest absolute Gasteiger partial charge is 0.0996 e. The zero-order valence-corrected chi connectivity index (χ0v) is 13.2. The van der Waals surface area contributed by atoms with Gasteiger partial charge >= 0.3 is 0 Å². The third kappa shape index (κ3) is 2.78. The molecule has 1 N–H and O–H groups in total. The van der Waals surface area contributed by atoms with Gasteiger partial charge in [-0.05, 0) is 35.9 Å². The minimum absolute atomic E-state index is 0.118. The van der Waals surface area contributed by atoms with Crippen LogP contribution in [0.1, 0.15) is 18.5 Å². The summed E-state index contributed by atoms with van der Waals surface area (Å²) >= 11 is 13.6. The Morgan fingerprint density at radius 3 is 2.45 bits per heavy atom. The minimum Gasteiger partial charge on any atom is -0.378 e. The quantitative estimate of drug-likeness (QED) is 0.590. The van der Waals surface area contributed by atoms with Crippen LogP contribution in [0.15, 0.2) is 48.5 Å². The number of hydrogen-bond acceptors (Lipinski definition) is 2. The van der Waals surface area contributed by atoms with Crippen molar-refractivity contribution >= 4 is 51.0 Å². The van der Waals surface area contributed by atoms with Gasteiger partial charge in [-0.2, -0.15) is 0 Å². The van der Waals surface area contributed by atoms with E-state index in [9.17, 15) is 0 Å². The monoisotopic (exact) mass is 321 g/mol. The average Bonchev–Trinajstić information content (AvgIpc) is 2.78. The molecule has 3 rings (SSSR count). The maximum Gasteiger partial charge on any atom is 0.0996 e. The second kappa shape index (κ2) is 5.65. The number of thiophene rings is 1. The summed E-state index contributed by atoms with van der Waals surface area (Å²) in [5.74, 6) is 0. The summed E-state index contributed by atoms with van der Waals surface area (Å²) < 4.78 is 1.47. The molecule has 0 saturated heterocycles. The maximum absolute atomic E-state index is 6.20.